The molecule has 0 saturated heterocycles. The van der Waals surface area contributed by atoms with Crippen LogP contribution in [0.2, 0.25) is 10.0 Å². The molecule has 0 aliphatic heterocycles. The molecule has 0 saturated carbocycles. The van der Waals surface area contributed by atoms with E-state index in [2.05, 4.69) is 5.32 Å². The van der Waals surface area contributed by atoms with Crippen molar-refractivity contribution < 1.29 is 14.0 Å². The van der Waals surface area contributed by atoms with Crippen LogP contribution in [-0.2, 0) is 29.0 Å². The van der Waals surface area contributed by atoms with E-state index >= 15 is 0 Å². The number of halogens is 3. The number of carbonyl (C=O) groups is 2. The zero-order chi connectivity index (χ0) is 25.4. The van der Waals surface area contributed by atoms with Gasteiger partial charge in [0.05, 0.1) is 16.5 Å². The molecule has 7 heteroatoms. The highest BCUT2D eigenvalue weighted by atomic mass is 35.5. The van der Waals surface area contributed by atoms with E-state index in [9.17, 15) is 14.0 Å². The number of benzene rings is 3. The lowest BCUT2D eigenvalue weighted by molar-refractivity contribution is -0.141. The predicted octanol–water partition coefficient (Wildman–Crippen LogP) is 6.23. The van der Waals surface area contributed by atoms with Gasteiger partial charge in [-0.1, -0.05) is 78.7 Å². The minimum absolute atomic E-state index is 0.0313. The maximum Gasteiger partial charge on any atom is 0.243 e. The zero-order valence-corrected chi connectivity index (χ0v) is 21.3. The molecule has 184 valence electrons. The molecule has 3 aromatic rings. The van der Waals surface area contributed by atoms with Crippen molar-refractivity contribution in [3.63, 3.8) is 0 Å². The van der Waals surface area contributed by atoms with Crippen LogP contribution in [0.15, 0.2) is 72.8 Å². The highest BCUT2D eigenvalue weighted by molar-refractivity contribution is 6.42. The van der Waals surface area contributed by atoms with E-state index in [-0.39, 0.29) is 36.6 Å². The third-order valence-electron chi connectivity index (χ3n) is 5.88. The standard InChI is InChI=1S/C28H29Cl2FN2O2/c1-3-19(2)32-28(35)26(16-20-7-5-4-6-8-20)33(18-22-11-14-24(29)25(30)15-22)27(34)17-21-9-12-23(31)13-10-21/h4-15,19,26H,3,16-18H2,1-2H3,(H,32,35)/t19-,26-/m0/s1. The molecule has 0 unspecified atom stereocenters. The molecule has 2 amide bonds. The quantitative estimate of drug-likeness (QED) is 0.348. The minimum Gasteiger partial charge on any atom is -0.352 e. The molecule has 3 aromatic carbocycles. The first kappa shape index (κ1) is 26.7. The minimum atomic E-state index is -0.756. The van der Waals surface area contributed by atoms with E-state index in [0.717, 1.165) is 17.5 Å². The molecule has 1 N–H and O–H groups in total. The van der Waals surface area contributed by atoms with Crippen molar-refractivity contribution in [1.82, 2.24) is 10.2 Å². The van der Waals surface area contributed by atoms with Gasteiger partial charge in [0.2, 0.25) is 11.8 Å². The summed E-state index contributed by atoms with van der Waals surface area (Å²) in [6.45, 7) is 4.09. The highest BCUT2D eigenvalue weighted by Gasteiger charge is 2.31. The second-order valence-electron chi connectivity index (χ2n) is 8.60. The summed E-state index contributed by atoms with van der Waals surface area (Å²) >= 11 is 12.3. The van der Waals surface area contributed by atoms with E-state index < -0.39 is 6.04 Å². The van der Waals surface area contributed by atoms with Gasteiger partial charge in [0.25, 0.3) is 0 Å². The van der Waals surface area contributed by atoms with Crippen LogP contribution in [0.5, 0.6) is 0 Å². The van der Waals surface area contributed by atoms with Gasteiger partial charge in [0, 0.05) is 19.0 Å². The number of amides is 2. The summed E-state index contributed by atoms with van der Waals surface area (Å²) in [6, 6.07) is 19.8. The smallest absolute Gasteiger partial charge is 0.243 e. The number of rotatable bonds is 10. The Morgan fingerprint density at radius 3 is 2.20 bits per heavy atom. The summed E-state index contributed by atoms with van der Waals surface area (Å²) in [5, 5.41) is 3.82. The molecule has 4 nitrogen and oxygen atoms in total. The maximum atomic E-state index is 13.6. The highest BCUT2D eigenvalue weighted by Crippen LogP contribution is 2.24. The predicted molar refractivity (Wildman–Crippen MR) is 139 cm³/mol. The van der Waals surface area contributed by atoms with Gasteiger partial charge >= 0.3 is 0 Å². The maximum absolute atomic E-state index is 13.6. The second kappa shape index (κ2) is 12.7. The van der Waals surface area contributed by atoms with Gasteiger partial charge in [-0.25, -0.2) is 4.39 Å². The number of hydrogen-bond acceptors (Lipinski definition) is 2. The number of nitrogens with one attached hydrogen (secondary N) is 1. The Kier molecular flexibility index (Phi) is 9.70. The summed E-state index contributed by atoms with van der Waals surface area (Å²) in [5.41, 5.74) is 2.35. The molecule has 2 atom stereocenters. The van der Waals surface area contributed by atoms with Gasteiger partial charge in [-0.15, -0.1) is 0 Å². The normalized spacial score (nSPS) is 12.6. The molecule has 0 fully saturated rings. The Balaban J connectivity index is 1.98. The van der Waals surface area contributed by atoms with Crippen LogP contribution in [0.25, 0.3) is 0 Å². The van der Waals surface area contributed by atoms with Gasteiger partial charge in [-0.05, 0) is 54.3 Å². The molecule has 0 spiro atoms. The van der Waals surface area contributed by atoms with Crippen LogP contribution in [0.3, 0.4) is 0 Å². The van der Waals surface area contributed by atoms with Crippen molar-refractivity contribution in [1.29, 1.82) is 0 Å². The number of carbonyl (C=O) groups excluding carboxylic acids is 2. The number of nitrogens with zero attached hydrogens (tertiary/aromatic N) is 1. The van der Waals surface area contributed by atoms with E-state index in [1.54, 1.807) is 35.2 Å². The van der Waals surface area contributed by atoms with Crippen molar-refractivity contribution in [2.45, 2.75) is 51.7 Å². The molecule has 0 aromatic heterocycles. The van der Waals surface area contributed by atoms with Gasteiger partial charge in [-0.3, -0.25) is 9.59 Å². The van der Waals surface area contributed by atoms with Gasteiger partial charge < -0.3 is 10.2 Å². The fourth-order valence-electron chi connectivity index (χ4n) is 3.71. The third kappa shape index (κ3) is 7.81. The van der Waals surface area contributed by atoms with Crippen molar-refractivity contribution >= 4 is 35.0 Å². The Bertz CT molecular complexity index is 1140. The van der Waals surface area contributed by atoms with E-state index in [1.807, 2.05) is 44.2 Å². The topological polar surface area (TPSA) is 49.4 Å². The lowest BCUT2D eigenvalue weighted by Gasteiger charge is -2.32. The molecule has 0 aliphatic rings. The van der Waals surface area contributed by atoms with Crippen LogP contribution < -0.4 is 5.32 Å². The molecular weight excluding hydrogens is 486 g/mol. The van der Waals surface area contributed by atoms with Crippen LogP contribution >= 0.6 is 23.2 Å². The lowest BCUT2D eigenvalue weighted by atomic mass is 10.0. The van der Waals surface area contributed by atoms with Gasteiger partial charge in [-0.2, -0.15) is 0 Å². The fraction of sp³-hybridized carbons (Fsp3) is 0.286. The largest absolute Gasteiger partial charge is 0.352 e. The zero-order valence-electron chi connectivity index (χ0n) is 19.8. The Morgan fingerprint density at radius 2 is 1.57 bits per heavy atom. The van der Waals surface area contributed by atoms with Crippen LogP contribution in [-0.4, -0.2) is 28.8 Å². The summed E-state index contributed by atoms with van der Waals surface area (Å²) in [7, 11) is 0. The first-order valence-corrected chi connectivity index (χ1v) is 12.3. The second-order valence-corrected chi connectivity index (χ2v) is 9.41. The van der Waals surface area contributed by atoms with E-state index in [1.165, 1.54) is 12.1 Å². The molecule has 0 heterocycles. The van der Waals surface area contributed by atoms with Crippen LogP contribution in [0.4, 0.5) is 4.39 Å². The fourth-order valence-corrected chi connectivity index (χ4v) is 4.03. The van der Waals surface area contributed by atoms with Gasteiger partial charge in [0.15, 0.2) is 0 Å². The number of hydrogen-bond donors (Lipinski definition) is 1. The van der Waals surface area contributed by atoms with Crippen molar-refractivity contribution in [3.8, 4) is 0 Å². The molecule has 0 aliphatic carbocycles. The average Bonchev–Trinajstić information content (AvgIpc) is 2.85. The summed E-state index contributed by atoms with van der Waals surface area (Å²) < 4.78 is 13.4. The monoisotopic (exact) mass is 514 g/mol. The van der Waals surface area contributed by atoms with Crippen molar-refractivity contribution in [3.05, 3.63) is 105 Å². The average molecular weight is 515 g/mol. The van der Waals surface area contributed by atoms with Gasteiger partial charge in [0.1, 0.15) is 11.9 Å². The Labute approximate surface area is 216 Å². The first-order valence-electron chi connectivity index (χ1n) is 11.6. The van der Waals surface area contributed by atoms with Crippen LogP contribution in [0, 0.1) is 5.82 Å². The third-order valence-corrected chi connectivity index (χ3v) is 6.62. The van der Waals surface area contributed by atoms with E-state index in [0.29, 0.717) is 22.0 Å². The summed E-state index contributed by atoms with van der Waals surface area (Å²) in [4.78, 5) is 28.7. The molecule has 0 radical (unpaired) electrons. The summed E-state index contributed by atoms with van der Waals surface area (Å²) in [5.74, 6) is -0.845. The Morgan fingerprint density at radius 1 is 0.914 bits per heavy atom. The first-order chi connectivity index (χ1) is 16.8. The van der Waals surface area contributed by atoms with Crippen molar-refractivity contribution in [2.75, 3.05) is 0 Å². The lowest BCUT2D eigenvalue weighted by Crippen LogP contribution is -2.52. The Hall–Kier alpha value is -2.89. The SMILES string of the molecule is CC[C@H](C)NC(=O)[C@H](Cc1ccccc1)N(Cc1ccc(Cl)c(Cl)c1)C(=O)Cc1ccc(F)cc1. The van der Waals surface area contributed by atoms with E-state index in [4.69, 9.17) is 23.2 Å². The molecule has 3 rings (SSSR count). The molecular formula is C28H29Cl2FN2O2. The summed E-state index contributed by atoms with van der Waals surface area (Å²) in [6.07, 6.45) is 1.14. The van der Waals surface area contributed by atoms with Crippen LogP contribution in [0.1, 0.15) is 37.0 Å². The molecule has 35 heavy (non-hydrogen) atoms. The molecule has 0 bridgehead atoms. The van der Waals surface area contributed by atoms with Crippen molar-refractivity contribution in [2.24, 2.45) is 0 Å².